The number of rotatable bonds is 3. The highest BCUT2D eigenvalue weighted by molar-refractivity contribution is 5.75. The highest BCUT2D eigenvalue weighted by Crippen LogP contribution is 2.08. The topological polar surface area (TPSA) is 67.6 Å². The van der Waals surface area contributed by atoms with Crippen LogP contribution in [-0.2, 0) is 0 Å². The SMILES string of the molecule is NC(N)=NCCN1CCCCCC1. The van der Waals surface area contributed by atoms with E-state index in [0.717, 1.165) is 13.1 Å². The maximum atomic E-state index is 5.25. The van der Waals surface area contributed by atoms with Crippen LogP contribution in [0.2, 0.25) is 0 Å². The molecule has 1 heterocycles. The first-order chi connectivity index (χ1) is 6.29. The van der Waals surface area contributed by atoms with Crippen molar-refractivity contribution in [3.8, 4) is 0 Å². The molecular weight excluding hydrogens is 164 g/mol. The number of guanidine groups is 1. The number of nitrogens with two attached hydrogens (primary N) is 2. The number of nitrogens with zero attached hydrogens (tertiary/aromatic N) is 2. The molecular formula is C9H20N4. The van der Waals surface area contributed by atoms with Gasteiger partial charge in [0.1, 0.15) is 0 Å². The van der Waals surface area contributed by atoms with Crippen molar-refractivity contribution >= 4 is 5.96 Å². The molecule has 0 saturated carbocycles. The molecule has 4 N–H and O–H groups in total. The fourth-order valence-electron chi connectivity index (χ4n) is 1.68. The second-order valence-electron chi connectivity index (χ2n) is 3.56. The Kier molecular flexibility index (Phi) is 4.60. The number of aliphatic imine (C=N–C) groups is 1. The van der Waals surface area contributed by atoms with Crippen molar-refractivity contribution < 1.29 is 0 Å². The van der Waals surface area contributed by atoms with Gasteiger partial charge in [0, 0.05) is 6.54 Å². The predicted molar refractivity (Wildman–Crippen MR) is 55.6 cm³/mol. The molecule has 0 aromatic rings. The lowest BCUT2D eigenvalue weighted by atomic mass is 10.2. The van der Waals surface area contributed by atoms with Crippen LogP contribution in [0.3, 0.4) is 0 Å². The summed E-state index contributed by atoms with van der Waals surface area (Å²) in [6, 6.07) is 0. The van der Waals surface area contributed by atoms with E-state index in [1.54, 1.807) is 0 Å². The van der Waals surface area contributed by atoms with Crippen molar-refractivity contribution in [2.24, 2.45) is 16.5 Å². The molecule has 4 heteroatoms. The molecule has 0 radical (unpaired) electrons. The van der Waals surface area contributed by atoms with Gasteiger partial charge in [0.05, 0.1) is 6.54 Å². The molecule has 1 saturated heterocycles. The van der Waals surface area contributed by atoms with Gasteiger partial charge in [0.15, 0.2) is 5.96 Å². The van der Waals surface area contributed by atoms with Crippen LogP contribution < -0.4 is 11.5 Å². The molecule has 0 aromatic heterocycles. The van der Waals surface area contributed by atoms with E-state index in [2.05, 4.69) is 9.89 Å². The van der Waals surface area contributed by atoms with E-state index in [4.69, 9.17) is 11.5 Å². The lowest BCUT2D eigenvalue weighted by Crippen LogP contribution is -2.29. The average Bonchev–Trinajstić information content (AvgIpc) is 2.32. The third-order valence-corrected chi connectivity index (χ3v) is 2.41. The van der Waals surface area contributed by atoms with E-state index in [-0.39, 0.29) is 5.96 Å². The molecule has 1 fully saturated rings. The average molecular weight is 184 g/mol. The first-order valence-corrected chi connectivity index (χ1v) is 5.07. The summed E-state index contributed by atoms with van der Waals surface area (Å²) in [5, 5.41) is 0. The molecule has 0 unspecified atom stereocenters. The molecule has 1 rings (SSSR count). The Morgan fingerprint density at radius 1 is 1.08 bits per heavy atom. The Bertz CT molecular complexity index is 155. The fraction of sp³-hybridized carbons (Fsp3) is 0.889. The van der Waals surface area contributed by atoms with Crippen LogP contribution in [-0.4, -0.2) is 37.0 Å². The van der Waals surface area contributed by atoms with Crippen LogP contribution in [0.4, 0.5) is 0 Å². The Balaban J connectivity index is 2.15. The van der Waals surface area contributed by atoms with E-state index in [9.17, 15) is 0 Å². The smallest absolute Gasteiger partial charge is 0.185 e. The van der Waals surface area contributed by atoms with E-state index in [1.807, 2.05) is 0 Å². The zero-order valence-corrected chi connectivity index (χ0v) is 8.21. The molecule has 1 aliphatic rings. The van der Waals surface area contributed by atoms with Crippen LogP contribution in [0.15, 0.2) is 4.99 Å². The minimum atomic E-state index is 0.204. The molecule has 1 aliphatic heterocycles. The van der Waals surface area contributed by atoms with Gasteiger partial charge >= 0.3 is 0 Å². The highest BCUT2D eigenvalue weighted by Gasteiger charge is 2.07. The standard InChI is InChI=1S/C9H20N4/c10-9(11)12-5-8-13-6-3-1-2-4-7-13/h1-8H2,(H4,10,11,12). The number of likely N-dealkylation sites (tertiary alicyclic amines) is 1. The number of hydrogen-bond acceptors (Lipinski definition) is 2. The van der Waals surface area contributed by atoms with Gasteiger partial charge in [0.2, 0.25) is 0 Å². The van der Waals surface area contributed by atoms with E-state index in [1.165, 1.54) is 38.8 Å². The normalized spacial score (nSPS) is 19.4. The largest absolute Gasteiger partial charge is 0.370 e. The van der Waals surface area contributed by atoms with Crippen molar-refractivity contribution in [3.05, 3.63) is 0 Å². The molecule has 0 amide bonds. The molecule has 0 bridgehead atoms. The molecule has 13 heavy (non-hydrogen) atoms. The van der Waals surface area contributed by atoms with Gasteiger partial charge in [-0.3, -0.25) is 4.99 Å². The van der Waals surface area contributed by atoms with Gasteiger partial charge in [-0.05, 0) is 25.9 Å². The maximum Gasteiger partial charge on any atom is 0.185 e. The monoisotopic (exact) mass is 184 g/mol. The van der Waals surface area contributed by atoms with Crippen molar-refractivity contribution in [2.45, 2.75) is 25.7 Å². The van der Waals surface area contributed by atoms with Crippen molar-refractivity contribution in [3.63, 3.8) is 0 Å². The van der Waals surface area contributed by atoms with Gasteiger partial charge in [-0.15, -0.1) is 0 Å². The second-order valence-corrected chi connectivity index (χ2v) is 3.56. The lowest BCUT2D eigenvalue weighted by molar-refractivity contribution is 0.293. The highest BCUT2D eigenvalue weighted by atomic mass is 15.1. The van der Waals surface area contributed by atoms with Gasteiger partial charge in [-0.25, -0.2) is 0 Å². The minimum absolute atomic E-state index is 0.204. The molecule has 0 aliphatic carbocycles. The van der Waals surface area contributed by atoms with Crippen LogP contribution in [0.25, 0.3) is 0 Å². The van der Waals surface area contributed by atoms with E-state index < -0.39 is 0 Å². The Hall–Kier alpha value is -0.770. The quantitative estimate of drug-likeness (QED) is 0.484. The van der Waals surface area contributed by atoms with Crippen LogP contribution >= 0.6 is 0 Å². The van der Waals surface area contributed by atoms with Crippen molar-refractivity contribution in [2.75, 3.05) is 26.2 Å². The lowest BCUT2D eigenvalue weighted by Gasteiger charge is -2.17. The third-order valence-electron chi connectivity index (χ3n) is 2.41. The van der Waals surface area contributed by atoms with Crippen LogP contribution in [0.1, 0.15) is 25.7 Å². The van der Waals surface area contributed by atoms with Gasteiger partial charge in [0.25, 0.3) is 0 Å². The van der Waals surface area contributed by atoms with Crippen molar-refractivity contribution in [1.29, 1.82) is 0 Å². The summed E-state index contributed by atoms with van der Waals surface area (Å²) in [5.41, 5.74) is 10.5. The van der Waals surface area contributed by atoms with Crippen molar-refractivity contribution in [1.82, 2.24) is 4.90 Å². The summed E-state index contributed by atoms with van der Waals surface area (Å²) in [6.07, 6.45) is 5.39. The van der Waals surface area contributed by atoms with Gasteiger partial charge in [-0.2, -0.15) is 0 Å². The van der Waals surface area contributed by atoms with Crippen LogP contribution in [0, 0.1) is 0 Å². The Morgan fingerprint density at radius 2 is 1.69 bits per heavy atom. The molecule has 76 valence electrons. The summed E-state index contributed by atoms with van der Waals surface area (Å²) in [7, 11) is 0. The van der Waals surface area contributed by atoms with E-state index in [0.29, 0.717) is 0 Å². The first-order valence-electron chi connectivity index (χ1n) is 5.07. The Morgan fingerprint density at radius 3 is 2.23 bits per heavy atom. The zero-order valence-electron chi connectivity index (χ0n) is 8.21. The van der Waals surface area contributed by atoms with E-state index >= 15 is 0 Å². The maximum absolute atomic E-state index is 5.25. The summed E-state index contributed by atoms with van der Waals surface area (Å²) in [4.78, 5) is 6.42. The molecule has 4 nitrogen and oxygen atoms in total. The van der Waals surface area contributed by atoms with Gasteiger partial charge in [-0.1, -0.05) is 12.8 Å². The minimum Gasteiger partial charge on any atom is -0.370 e. The summed E-state index contributed by atoms with van der Waals surface area (Å²) in [5.74, 6) is 0.204. The Labute approximate surface area is 80.0 Å². The molecule has 0 aromatic carbocycles. The predicted octanol–water partition coefficient (Wildman–Crippen LogP) is 0.136. The summed E-state index contributed by atoms with van der Waals surface area (Å²) in [6.45, 7) is 4.15. The zero-order chi connectivity index (χ0) is 9.52. The van der Waals surface area contributed by atoms with Gasteiger partial charge < -0.3 is 16.4 Å². The second kappa shape index (κ2) is 5.80. The van der Waals surface area contributed by atoms with Crippen LogP contribution in [0.5, 0.6) is 0 Å². The summed E-state index contributed by atoms with van der Waals surface area (Å²) < 4.78 is 0. The molecule has 0 spiro atoms. The third kappa shape index (κ3) is 4.72. The summed E-state index contributed by atoms with van der Waals surface area (Å²) >= 11 is 0. The number of hydrogen-bond donors (Lipinski definition) is 2. The first kappa shape index (κ1) is 10.3. The fourth-order valence-corrected chi connectivity index (χ4v) is 1.68. The molecule has 0 atom stereocenters.